The molecule has 1 atom stereocenters. The van der Waals surface area contributed by atoms with Gasteiger partial charge in [-0.2, -0.15) is 5.10 Å². The van der Waals surface area contributed by atoms with Crippen molar-refractivity contribution in [2.24, 2.45) is 5.92 Å². The molecule has 0 radical (unpaired) electrons. The molecule has 0 aliphatic rings. The van der Waals surface area contributed by atoms with Crippen LogP contribution in [0.5, 0.6) is 0 Å². The third-order valence-electron chi connectivity index (χ3n) is 5.78. The molecule has 0 bridgehead atoms. The minimum absolute atomic E-state index is 0.0595. The average molecular weight is 436 g/mol. The first kappa shape index (κ1) is 23.3. The van der Waals surface area contributed by atoms with Gasteiger partial charge in [-0.15, -0.1) is 0 Å². The van der Waals surface area contributed by atoms with Crippen LogP contribution in [0.3, 0.4) is 0 Å². The molecule has 2 aromatic heterocycles. The van der Waals surface area contributed by atoms with Gasteiger partial charge in [0.25, 0.3) is 5.91 Å². The normalized spacial score (nSPS) is 11.9. The summed E-state index contributed by atoms with van der Waals surface area (Å²) >= 11 is 0. The van der Waals surface area contributed by atoms with Gasteiger partial charge in [-0.25, -0.2) is 0 Å². The summed E-state index contributed by atoms with van der Waals surface area (Å²) in [5.74, 6) is -0.556. The number of hydrogen-bond acceptors (Lipinski definition) is 3. The monoisotopic (exact) mass is 435 g/mol. The van der Waals surface area contributed by atoms with Gasteiger partial charge in [0.1, 0.15) is 0 Å². The first-order chi connectivity index (χ1) is 15.3. The van der Waals surface area contributed by atoms with E-state index in [2.05, 4.69) is 25.4 Å². The van der Waals surface area contributed by atoms with Crippen LogP contribution in [0.25, 0.3) is 5.69 Å². The van der Waals surface area contributed by atoms with Crippen LogP contribution in [0, 0.1) is 33.6 Å². The Morgan fingerprint density at radius 1 is 1.06 bits per heavy atom. The predicted octanol–water partition coefficient (Wildman–Crippen LogP) is 3.55. The molecule has 0 saturated heterocycles. The highest BCUT2D eigenvalue weighted by Crippen LogP contribution is 2.21. The molecule has 0 aliphatic carbocycles. The molecule has 0 unspecified atom stereocenters. The SMILES string of the molecule is Cc1ccc(-n2c(C)ccc2C)c(C(=O)NC[C@@H](C)C(=O)NCCCc2cn[nH]c2C)c1. The van der Waals surface area contributed by atoms with E-state index in [1.807, 2.05) is 71.1 Å². The molecule has 7 heteroatoms. The Hall–Kier alpha value is -3.35. The van der Waals surface area contributed by atoms with Gasteiger partial charge in [0.15, 0.2) is 0 Å². The number of benzene rings is 1. The fraction of sp³-hybridized carbons (Fsp3) is 0.400. The van der Waals surface area contributed by atoms with E-state index in [-0.39, 0.29) is 24.3 Å². The van der Waals surface area contributed by atoms with Crippen molar-refractivity contribution in [2.45, 2.75) is 47.5 Å². The maximum Gasteiger partial charge on any atom is 0.253 e. The van der Waals surface area contributed by atoms with Crippen molar-refractivity contribution >= 4 is 11.8 Å². The minimum Gasteiger partial charge on any atom is -0.356 e. The number of hydrogen-bond donors (Lipinski definition) is 3. The molecule has 7 nitrogen and oxygen atoms in total. The van der Waals surface area contributed by atoms with Gasteiger partial charge >= 0.3 is 0 Å². The van der Waals surface area contributed by atoms with Gasteiger partial charge in [-0.1, -0.05) is 18.6 Å². The highest BCUT2D eigenvalue weighted by atomic mass is 16.2. The van der Waals surface area contributed by atoms with E-state index >= 15 is 0 Å². The average Bonchev–Trinajstić information content (AvgIpc) is 3.33. The molecule has 3 rings (SSSR count). The lowest BCUT2D eigenvalue weighted by atomic mass is 10.1. The lowest BCUT2D eigenvalue weighted by Gasteiger charge is -2.17. The van der Waals surface area contributed by atoms with Gasteiger partial charge in [-0.3, -0.25) is 14.7 Å². The number of H-pyrrole nitrogens is 1. The number of carbonyl (C=O) groups excluding carboxylic acids is 2. The molecule has 1 aromatic carbocycles. The first-order valence-corrected chi connectivity index (χ1v) is 11.1. The van der Waals surface area contributed by atoms with Crippen LogP contribution >= 0.6 is 0 Å². The third-order valence-corrected chi connectivity index (χ3v) is 5.78. The molecule has 0 saturated carbocycles. The number of nitrogens with one attached hydrogen (secondary N) is 3. The second kappa shape index (κ2) is 10.3. The summed E-state index contributed by atoms with van der Waals surface area (Å²) < 4.78 is 2.08. The smallest absolute Gasteiger partial charge is 0.253 e. The van der Waals surface area contributed by atoms with Crippen LogP contribution in [0.4, 0.5) is 0 Å². The number of aromatic amines is 1. The predicted molar refractivity (Wildman–Crippen MR) is 126 cm³/mol. The van der Waals surface area contributed by atoms with Crippen molar-refractivity contribution in [1.82, 2.24) is 25.4 Å². The van der Waals surface area contributed by atoms with Crippen LogP contribution in [-0.2, 0) is 11.2 Å². The van der Waals surface area contributed by atoms with Crippen LogP contribution in [-0.4, -0.2) is 39.7 Å². The Balaban J connectivity index is 1.55. The summed E-state index contributed by atoms with van der Waals surface area (Å²) in [5.41, 5.74) is 6.84. The van der Waals surface area contributed by atoms with Crippen molar-refractivity contribution in [1.29, 1.82) is 0 Å². The fourth-order valence-electron chi connectivity index (χ4n) is 3.80. The highest BCUT2D eigenvalue weighted by molar-refractivity contribution is 5.98. The van der Waals surface area contributed by atoms with Crippen molar-refractivity contribution in [3.05, 3.63) is 70.3 Å². The Labute approximate surface area is 189 Å². The lowest BCUT2D eigenvalue weighted by molar-refractivity contribution is -0.124. The van der Waals surface area contributed by atoms with Gasteiger partial charge in [0.2, 0.25) is 5.91 Å². The zero-order chi connectivity index (χ0) is 23.3. The van der Waals surface area contributed by atoms with E-state index in [4.69, 9.17) is 0 Å². The Bertz CT molecular complexity index is 1080. The van der Waals surface area contributed by atoms with E-state index in [1.54, 1.807) is 0 Å². The molecule has 2 heterocycles. The summed E-state index contributed by atoms with van der Waals surface area (Å²) in [6, 6.07) is 9.95. The fourth-order valence-corrected chi connectivity index (χ4v) is 3.80. The van der Waals surface area contributed by atoms with Gasteiger partial charge in [0, 0.05) is 30.2 Å². The molecular formula is C25H33N5O2. The van der Waals surface area contributed by atoms with Crippen molar-refractivity contribution in [3.8, 4) is 5.69 Å². The maximum atomic E-state index is 13.0. The van der Waals surface area contributed by atoms with E-state index in [0.29, 0.717) is 12.1 Å². The molecule has 3 aromatic rings. The van der Waals surface area contributed by atoms with E-state index < -0.39 is 0 Å². The molecular weight excluding hydrogens is 402 g/mol. The topological polar surface area (TPSA) is 91.8 Å². The van der Waals surface area contributed by atoms with E-state index in [9.17, 15) is 9.59 Å². The largest absolute Gasteiger partial charge is 0.356 e. The van der Waals surface area contributed by atoms with Crippen molar-refractivity contribution in [3.63, 3.8) is 0 Å². The third kappa shape index (κ3) is 5.46. The summed E-state index contributed by atoms with van der Waals surface area (Å²) in [6.45, 7) is 10.7. The van der Waals surface area contributed by atoms with E-state index in [0.717, 1.165) is 41.2 Å². The van der Waals surface area contributed by atoms with Crippen molar-refractivity contribution < 1.29 is 9.59 Å². The number of carbonyl (C=O) groups is 2. The number of aromatic nitrogens is 3. The van der Waals surface area contributed by atoms with Crippen LogP contribution < -0.4 is 10.6 Å². The Kier molecular flexibility index (Phi) is 7.51. The van der Waals surface area contributed by atoms with Crippen LogP contribution in [0.2, 0.25) is 0 Å². The summed E-state index contributed by atoms with van der Waals surface area (Å²) in [5, 5.41) is 12.8. The number of rotatable bonds is 9. The molecule has 0 spiro atoms. The van der Waals surface area contributed by atoms with Crippen LogP contribution in [0.1, 0.15) is 51.9 Å². The molecule has 0 fully saturated rings. The van der Waals surface area contributed by atoms with Crippen molar-refractivity contribution in [2.75, 3.05) is 13.1 Å². The quantitative estimate of drug-likeness (QED) is 0.449. The Morgan fingerprint density at radius 2 is 1.78 bits per heavy atom. The minimum atomic E-state index is -0.321. The molecule has 2 amide bonds. The van der Waals surface area contributed by atoms with Gasteiger partial charge in [0.05, 0.1) is 23.4 Å². The molecule has 0 aliphatic heterocycles. The molecule has 3 N–H and O–H groups in total. The summed E-state index contributed by atoms with van der Waals surface area (Å²) in [7, 11) is 0. The molecule has 170 valence electrons. The second-order valence-corrected chi connectivity index (χ2v) is 8.50. The highest BCUT2D eigenvalue weighted by Gasteiger charge is 2.18. The van der Waals surface area contributed by atoms with E-state index in [1.165, 1.54) is 5.56 Å². The first-order valence-electron chi connectivity index (χ1n) is 11.1. The molecule has 32 heavy (non-hydrogen) atoms. The second-order valence-electron chi connectivity index (χ2n) is 8.50. The summed E-state index contributed by atoms with van der Waals surface area (Å²) in [6.07, 6.45) is 3.53. The van der Waals surface area contributed by atoms with Crippen LogP contribution in [0.15, 0.2) is 36.5 Å². The number of nitrogens with zero attached hydrogens (tertiary/aromatic N) is 2. The summed E-state index contributed by atoms with van der Waals surface area (Å²) in [4.78, 5) is 25.5. The maximum absolute atomic E-state index is 13.0. The van der Waals surface area contributed by atoms with Gasteiger partial charge in [-0.05, 0) is 70.4 Å². The lowest BCUT2D eigenvalue weighted by Crippen LogP contribution is -2.38. The standard InChI is InChI=1S/C25H33N5O2/c1-16-8-11-23(30-18(3)9-10-19(30)4)22(13-16)25(32)27-14-17(2)24(31)26-12-6-7-21-15-28-29-20(21)5/h8-11,13,15,17H,6-7,12,14H2,1-5H3,(H,26,31)(H,27,32)(H,28,29)/t17-/m1/s1. The zero-order valence-electron chi connectivity index (χ0n) is 19.6. The number of amides is 2. The zero-order valence-corrected chi connectivity index (χ0v) is 19.6. The Morgan fingerprint density at radius 3 is 2.44 bits per heavy atom. The number of aryl methyl sites for hydroxylation is 5. The van der Waals surface area contributed by atoms with Gasteiger partial charge < -0.3 is 15.2 Å².